The third-order valence-electron chi connectivity index (χ3n) is 7.61. The van der Waals surface area contributed by atoms with Gasteiger partial charge in [-0.15, -0.1) is 11.3 Å². The van der Waals surface area contributed by atoms with Crippen molar-refractivity contribution < 1.29 is 10.0 Å². The highest BCUT2D eigenvalue weighted by Crippen LogP contribution is 2.42. The molecular weight excluding hydrogens is 459 g/mol. The Bertz CT molecular complexity index is 2130. The first-order valence-corrected chi connectivity index (χ1v) is 12.9. The molecule has 0 bridgehead atoms. The maximum Gasteiger partial charge on any atom is 0.489 e. The number of fused-ring (bicyclic) bond motifs is 5. The third kappa shape index (κ3) is 2.69. The largest absolute Gasteiger partial charge is 0.489 e. The molecular formula is C32H19BO2S. The predicted molar refractivity (Wildman–Crippen MR) is 156 cm³/mol. The fraction of sp³-hybridized carbons (Fsp3) is 0. The molecule has 4 heteroatoms. The maximum absolute atomic E-state index is 10.2. The maximum atomic E-state index is 10.2. The zero-order valence-electron chi connectivity index (χ0n) is 19.2. The second kappa shape index (κ2) is 7.28. The summed E-state index contributed by atoms with van der Waals surface area (Å²) >= 11 is 1.63. The van der Waals surface area contributed by atoms with Gasteiger partial charge in [-0.3, -0.25) is 0 Å². The molecule has 2 nitrogen and oxygen atoms in total. The van der Waals surface area contributed by atoms with Gasteiger partial charge in [0, 0.05) is 25.6 Å². The number of rotatable bonds is 2. The highest BCUT2D eigenvalue weighted by molar-refractivity contribution is 7.27. The van der Waals surface area contributed by atoms with Crippen molar-refractivity contribution in [2.45, 2.75) is 0 Å². The first kappa shape index (κ1) is 20.3. The fourth-order valence-corrected chi connectivity index (χ4v) is 7.29. The van der Waals surface area contributed by atoms with Gasteiger partial charge < -0.3 is 10.0 Å². The number of hydrogen-bond donors (Lipinski definition) is 2. The van der Waals surface area contributed by atoms with Gasteiger partial charge in [0.1, 0.15) is 0 Å². The molecule has 0 aliphatic heterocycles. The van der Waals surface area contributed by atoms with Crippen molar-refractivity contribution >= 4 is 87.2 Å². The van der Waals surface area contributed by atoms with Crippen LogP contribution in [-0.4, -0.2) is 17.2 Å². The van der Waals surface area contributed by atoms with Crippen LogP contribution in [0.4, 0.5) is 0 Å². The topological polar surface area (TPSA) is 40.5 Å². The van der Waals surface area contributed by atoms with Gasteiger partial charge in [-0.2, -0.15) is 0 Å². The van der Waals surface area contributed by atoms with Crippen molar-refractivity contribution in [3.8, 4) is 11.1 Å². The van der Waals surface area contributed by atoms with Crippen molar-refractivity contribution in [2.75, 3.05) is 0 Å². The molecule has 0 radical (unpaired) electrons. The van der Waals surface area contributed by atoms with Gasteiger partial charge in [0.05, 0.1) is 0 Å². The summed E-state index contributed by atoms with van der Waals surface area (Å²) < 4.78 is 2.08. The Labute approximate surface area is 211 Å². The predicted octanol–water partition coefficient (Wildman–Crippen LogP) is 7.45. The number of thiophene rings is 1. The molecule has 1 heterocycles. The van der Waals surface area contributed by atoms with Crippen molar-refractivity contribution in [1.29, 1.82) is 0 Å². The van der Waals surface area contributed by atoms with Gasteiger partial charge in [0.2, 0.25) is 0 Å². The van der Waals surface area contributed by atoms with E-state index in [-0.39, 0.29) is 0 Å². The Hall–Kier alpha value is -3.96. The molecule has 0 amide bonds. The van der Waals surface area contributed by atoms with Crippen LogP contribution in [0, 0.1) is 0 Å². The molecule has 0 fully saturated rings. The summed E-state index contributed by atoms with van der Waals surface area (Å²) in [4.78, 5) is 0. The second-order valence-corrected chi connectivity index (χ2v) is 10.6. The minimum absolute atomic E-state index is 0.564. The molecule has 36 heavy (non-hydrogen) atoms. The lowest BCUT2D eigenvalue weighted by molar-refractivity contribution is 0.426. The molecule has 1 aromatic heterocycles. The molecule has 0 saturated heterocycles. The summed E-state index contributed by atoms with van der Waals surface area (Å²) in [5.41, 5.74) is 2.95. The monoisotopic (exact) mass is 478 g/mol. The zero-order valence-corrected chi connectivity index (χ0v) is 20.0. The molecule has 0 unspecified atom stereocenters. The Morgan fingerprint density at radius 1 is 0.528 bits per heavy atom. The molecule has 0 spiro atoms. The van der Waals surface area contributed by atoms with Crippen LogP contribution in [0.3, 0.4) is 0 Å². The SMILES string of the molecule is OB(O)c1cc2ccccc2c2c1sc1cc(-c3ccc4ccc5cccc6ccc3c4c56)ccc12. The van der Waals surface area contributed by atoms with E-state index in [2.05, 4.69) is 78.9 Å². The molecule has 0 aliphatic carbocycles. The van der Waals surface area contributed by atoms with E-state index >= 15 is 0 Å². The van der Waals surface area contributed by atoms with Gasteiger partial charge in [-0.05, 0) is 60.3 Å². The Kier molecular flexibility index (Phi) is 4.10. The third-order valence-corrected chi connectivity index (χ3v) is 8.81. The van der Waals surface area contributed by atoms with Crippen LogP contribution in [-0.2, 0) is 0 Å². The summed E-state index contributed by atoms with van der Waals surface area (Å²) in [7, 11) is -1.51. The second-order valence-electron chi connectivity index (χ2n) is 9.55. The summed E-state index contributed by atoms with van der Waals surface area (Å²) in [6.45, 7) is 0. The highest BCUT2D eigenvalue weighted by atomic mass is 32.1. The normalized spacial score (nSPS) is 12.2. The van der Waals surface area contributed by atoms with Crippen LogP contribution >= 0.6 is 11.3 Å². The van der Waals surface area contributed by atoms with Crippen molar-refractivity contribution in [2.24, 2.45) is 0 Å². The van der Waals surface area contributed by atoms with E-state index in [1.54, 1.807) is 11.3 Å². The van der Waals surface area contributed by atoms with Crippen LogP contribution < -0.4 is 5.46 Å². The van der Waals surface area contributed by atoms with E-state index in [1.807, 2.05) is 24.3 Å². The van der Waals surface area contributed by atoms with Gasteiger partial charge >= 0.3 is 7.12 Å². The molecule has 7 aromatic carbocycles. The lowest BCUT2D eigenvalue weighted by Crippen LogP contribution is -2.29. The molecule has 8 rings (SSSR count). The van der Waals surface area contributed by atoms with Gasteiger partial charge in [0.15, 0.2) is 0 Å². The van der Waals surface area contributed by atoms with E-state index in [0.717, 1.165) is 30.9 Å². The van der Waals surface area contributed by atoms with Crippen molar-refractivity contribution in [1.82, 2.24) is 0 Å². The van der Waals surface area contributed by atoms with E-state index in [0.29, 0.717) is 5.46 Å². The van der Waals surface area contributed by atoms with Crippen molar-refractivity contribution in [3.63, 3.8) is 0 Å². The van der Waals surface area contributed by atoms with Crippen LogP contribution in [0.1, 0.15) is 0 Å². The minimum Gasteiger partial charge on any atom is -0.423 e. The highest BCUT2D eigenvalue weighted by Gasteiger charge is 2.21. The van der Waals surface area contributed by atoms with Crippen LogP contribution in [0.15, 0.2) is 103 Å². The van der Waals surface area contributed by atoms with Gasteiger partial charge in [-0.1, -0.05) is 97.1 Å². The van der Waals surface area contributed by atoms with E-state index < -0.39 is 7.12 Å². The van der Waals surface area contributed by atoms with Crippen LogP contribution in [0.2, 0.25) is 0 Å². The van der Waals surface area contributed by atoms with Gasteiger partial charge in [0.25, 0.3) is 0 Å². The molecule has 0 aliphatic rings. The summed E-state index contributed by atoms with van der Waals surface area (Å²) in [6, 6.07) is 36.6. The average Bonchev–Trinajstić information content (AvgIpc) is 3.30. The number of hydrogen-bond acceptors (Lipinski definition) is 3. The fourth-order valence-electron chi connectivity index (χ4n) is 6.00. The number of benzene rings is 7. The van der Waals surface area contributed by atoms with E-state index in [4.69, 9.17) is 0 Å². The zero-order chi connectivity index (χ0) is 24.0. The smallest absolute Gasteiger partial charge is 0.423 e. The Morgan fingerprint density at radius 2 is 1.22 bits per heavy atom. The Balaban J connectivity index is 1.44. The van der Waals surface area contributed by atoms with E-state index in [1.165, 1.54) is 43.4 Å². The summed E-state index contributed by atoms with van der Waals surface area (Å²) in [5, 5.41) is 32.4. The molecule has 0 saturated carbocycles. The Morgan fingerprint density at radius 3 is 2.06 bits per heavy atom. The molecule has 0 atom stereocenters. The molecule has 8 aromatic rings. The quantitative estimate of drug-likeness (QED) is 0.200. The lowest BCUT2D eigenvalue weighted by atomic mass is 9.78. The lowest BCUT2D eigenvalue weighted by Gasteiger charge is -2.14. The van der Waals surface area contributed by atoms with Crippen molar-refractivity contribution in [3.05, 3.63) is 103 Å². The standard InChI is InChI=1S/C32H19BO2S/c34-33(35)27-16-21-4-1-2-7-24(21)31-26-15-12-22(17-28(26)36-32(27)31)23-13-10-20-9-8-18-5-3-6-19-11-14-25(23)30(20)29(18)19/h1-17,34-35H. The minimum atomic E-state index is -1.51. The summed E-state index contributed by atoms with van der Waals surface area (Å²) in [6.07, 6.45) is 0. The first-order valence-electron chi connectivity index (χ1n) is 12.1. The summed E-state index contributed by atoms with van der Waals surface area (Å²) in [5.74, 6) is 0. The average molecular weight is 478 g/mol. The molecule has 2 N–H and O–H groups in total. The van der Waals surface area contributed by atoms with Gasteiger partial charge in [-0.25, -0.2) is 0 Å². The first-order chi connectivity index (χ1) is 17.7. The van der Waals surface area contributed by atoms with E-state index in [9.17, 15) is 10.0 Å². The molecule has 168 valence electrons. The van der Waals surface area contributed by atoms with Crippen LogP contribution in [0.5, 0.6) is 0 Å². The van der Waals surface area contributed by atoms with Crippen LogP contribution in [0.25, 0.3) is 74.4 Å².